The van der Waals surface area contributed by atoms with Crippen molar-refractivity contribution in [1.29, 1.82) is 0 Å². The number of nitrogens with one attached hydrogen (secondary N) is 1. The topological polar surface area (TPSA) is 85.7 Å². The van der Waals surface area contributed by atoms with Gasteiger partial charge in [0.15, 0.2) is 17.3 Å². The van der Waals surface area contributed by atoms with Crippen LogP contribution in [0.5, 0.6) is 11.5 Å². The van der Waals surface area contributed by atoms with Crippen LogP contribution in [-0.4, -0.2) is 51.5 Å². The Bertz CT molecular complexity index is 997. The molecule has 29 heavy (non-hydrogen) atoms. The van der Waals surface area contributed by atoms with E-state index in [1.165, 1.54) is 14.2 Å². The smallest absolute Gasteiger partial charge is 0.260 e. The Kier molecular flexibility index (Phi) is 4.53. The van der Waals surface area contributed by atoms with Gasteiger partial charge in [-0.25, -0.2) is 0 Å². The van der Waals surface area contributed by atoms with Gasteiger partial charge in [-0.15, -0.1) is 11.8 Å². The van der Waals surface area contributed by atoms with Gasteiger partial charge in [0.05, 0.1) is 19.8 Å². The molecule has 8 nitrogen and oxygen atoms in total. The highest BCUT2D eigenvalue weighted by Gasteiger charge is 2.58. The van der Waals surface area contributed by atoms with E-state index in [2.05, 4.69) is 10.4 Å². The molecule has 0 unspecified atom stereocenters. The first-order valence-electron chi connectivity index (χ1n) is 9.26. The van der Waals surface area contributed by atoms with Crippen LogP contribution in [0, 0.1) is 6.92 Å². The second-order valence-electron chi connectivity index (χ2n) is 7.74. The number of rotatable bonds is 4. The Labute approximate surface area is 173 Å². The number of methoxy groups -OCH3 is 2. The summed E-state index contributed by atoms with van der Waals surface area (Å²) in [7, 11) is 4.87. The van der Waals surface area contributed by atoms with E-state index in [9.17, 15) is 9.59 Å². The third kappa shape index (κ3) is 2.87. The summed E-state index contributed by atoms with van der Waals surface area (Å²) in [5.41, 5.74) is 2.24. The van der Waals surface area contributed by atoms with Gasteiger partial charge < -0.3 is 19.7 Å². The molecule has 2 aliphatic rings. The minimum atomic E-state index is -0.657. The molecule has 0 aliphatic carbocycles. The average Bonchev–Trinajstić information content (AvgIpc) is 3.22. The van der Waals surface area contributed by atoms with Gasteiger partial charge >= 0.3 is 0 Å². The van der Waals surface area contributed by atoms with Crippen LogP contribution in [-0.2, 0) is 11.8 Å². The lowest BCUT2D eigenvalue weighted by molar-refractivity contribution is -0.121. The van der Waals surface area contributed by atoms with E-state index in [1.807, 2.05) is 33.9 Å². The van der Waals surface area contributed by atoms with Gasteiger partial charge in [0.25, 0.3) is 5.91 Å². The highest BCUT2D eigenvalue weighted by atomic mass is 32.2. The van der Waals surface area contributed by atoms with Crippen molar-refractivity contribution in [3.8, 4) is 11.5 Å². The zero-order valence-corrected chi connectivity index (χ0v) is 18.1. The first-order chi connectivity index (χ1) is 13.7. The van der Waals surface area contributed by atoms with E-state index in [0.29, 0.717) is 22.9 Å². The Morgan fingerprint density at radius 3 is 2.59 bits per heavy atom. The van der Waals surface area contributed by atoms with Gasteiger partial charge in [0.1, 0.15) is 11.4 Å². The summed E-state index contributed by atoms with van der Waals surface area (Å²) in [6.07, 6.45) is 0. The van der Waals surface area contributed by atoms with Crippen molar-refractivity contribution >= 4 is 29.4 Å². The Morgan fingerprint density at radius 1 is 1.28 bits per heavy atom. The molecular weight excluding hydrogens is 392 g/mol. The number of carbonyl (C=O) groups is 2. The molecule has 0 spiro atoms. The number of nitrogens with zero attached hydrogens (tertiary/aromatic N) is 3. The fourth-order valence-electron chi connectivity index (χ4n) is 4.07. The van der Waals surface area contributed by atoms with E-state index in [4.69, 9.17) is 9.47 Å². The maximum absolute atomic E-state index is 13.4. The molecule has 1 fully saturated rings. The second-order valence-corrected chi connectivity index (χ2v) is 9.47. The summed E-state index contributed by atoms with van der Waals surface area (Å²) >= 11 is 1.60. The van der Waals surface area contributed by atoms with Crippen LogP contribution in [0.4, 0.5) is 5.82 Å². The molecule has 0 bridgehead atoms. The number of carbonyl (C=O) groups excluding carboxylic acids is 2. The average molecular weight is 417 g/mol. The molecule has 2 aromatic rings. The van der Waals surface area contributed by atoms with Crippen molar-refractivity contribution in [3.05, 3.63) is 35.0 Å². The number of hydrogen-bond donors (Lipinski definition) is 1. The van der Waals surface area contributed by atoms with E-state index in [-0.39, 0.29) is 17.2 Å². The summed E-state index contributed by atoms with van der Waals surface area (Å²) in [5.74, 6) is 0.895. The van der Waals surface area contributed by atoms with Gasteiger partial charge in [-0.05, 0) is 26.8 Å². The predicted octanol–water partition coefficient (Wildman–Crippen LogP) is 2.73. The first-order valence-corrected chi connectivity index (χ1v) is 10.1. The molecule has 154 valence electrons. The van der Waals surface area contributed by atoms with Crippen molar-refractivity contribution in [2.24, 2.45) is 7.05 Å². The number of thioether (sulfide) groups is 1. The molecule has 0 saturated carbocycles. The third-order valence-electron chi connectivity index (χ3n) is 5.51. The number of ether oxygens (including phenoxy) is 2. The van der Waals surface area contributed by atoms with Crippen molar-refractivity contribution in [3.63, 3.8) is 0 Å². The number of hydrogen-bond acceptors (Lipinski definition) is 6. The van der Waals surface area contributed by atoms with E-state index in [1.54, 1.807) is 33.5 Å². The minimum Gasteiger partial charge on any atom is -0.493 e. The van der Waals surface area contributed by atoms with Crippen molar-refractivity contribution in [2.45, 2.75) is 36.9 Å². The second kappa shape index (κ2) is 6.69. The van der Waals surface area contributed by atoms with E-state index >= 15 is 0 Å². The molecule has 3 heterocycles. The van der Waals surface area contributed by atoms with Crippen LogP contribution < -0.4 is 14.8 Å². The number of benzene rings is 1. The summed E-state index contributed by atoms with van der Waals surface area (Å²) < 4.78 is 12.0. The molecule has 2 amide bonds. The van der Waals surface area contributed by atoms with E-state index < -0.39 is 10.8 Å². The number of anilines is 1. The standard InChI is InChI=1S/C20H24N4O4S/c1-10-9-13(22-23(10)4)21-17(25)16-20(2,3)29-19-11-7-8-12(27-5)15(28-6)14(11)18(26)24(16)19/h7-9,16,19H,1-6H3,(H,21,22,25)/t16-,19+/m1/s1. The number of fused-ring (bicyclic) bond motifs is 3. The lowest BCUT2D eigenvalue weighted by Gasteiger charge is -2.29. The van der Waals surface area contributed by atoms with Crippen LogP contribution in [0.3, 0.4) is 0 Å². The van der Waals surface area contributed by atoms with Crippen LogP contribution in [0.15, 0.2) is 18.2 Å². The van der Waals surface area contributed by atoms with Crippen LogP contribution >= 0.6 is 11.8 Å². The Balaban J connectivity index is 1.72. The SMILES string of the molecule is COc1ccc2c(c1OC)C(=O)N1[C@H]2SC(C)(C)[C@H]1C(=O)Nc1cc(C)n(C)n1. The summed E-state index contributed by atoms with van der Waals surface area (Å²) in [4.78, 5) is 28.3. The van der Waals surface area contributed by atoms with Gasteiger partial charge in [-0.2, -0.15) is 5.10 Å². The van der Waals surface area contributed by atoms with Crippen molar-refractivity contribution in [2.75, 3.05) is 19.5 Å². The Morgan fingerprint density at radius 2 is 2.00 bits per heavy atom. The van der Waals surface area contributed by atoms with Crippen LogP contribution in [0.25, 0.3) is 0 Å². The number of aryl methyl sites for hydroxylation is 2. The van der Waals surface area contributed by atoms with E-state index in [0.717, 1.165) is 11.3 Å². The Hall–Kier alpha value is -2.68. The normalized spacial score (nSPS) is 21.7. The highest BCUT2D eigenvalue weighted by Crippen LogP contribution is 2.58. The number of aromatic nitrogens is 2. The summed E-state index contributed by atoms with van der Waals surface area (Å²) in [6.45, 7) is 5.88. The molecule has 2 atom stereocenters. The van der Waals surface area contributed by atoms with Gasteiger partial charge in [-0.1, -0.05) is 6.07 Å². The first kappa shape index (κ1) is 19.6. The molecule has 0 radical (unpaired) electrons. The zero-order chi connectivity index (χ0) is 21.1. The predicted molar refractivity (Wildman–Crippen MR) is 110 cm³/mol. The van der Waals surface area contributed by atoms with Gasteiger partial charge in [0, 0.05) is 29.1 Å². The lowest BCUT2D eigenvalue weighted by atomic mass is 10.0. The largest absolute Gasteiger partial charge is 0.493 e. The maximum Gasteiger partial charge on any atom is 0.260 e. The molecule has 1 aromatic heterocycles. The highest BCUT2D eigenvalue weighted by molar-refractivity contribution is 8.01. The maximum atomic E-state index is 13.4. The van der Waals surface area contributed by atoms with Crippen molar-refractivity contribution < 1.29 is 19.1 Å². The van der Waals surface area contributed by atoms with Crippen molar-refractivity contribution in [1.82, 2.24) is 14.7 Å². The fraction of sp³-hybridized carbons (Fsp3) is 0.450. The summed E-state index contributed by atoms with van der Waals surface area (Å²) in [6, 6.07) is 4.82. The third-order valence-corrected chi connectivity index (χ3v) is 7.05. The quantitative estimate of drug-likeness (QED) is 0.825. The molecule has 1 aromatic carbocycles. The zero-order valence-electron chi connectivity index (χ0n) is 17.3. The molecule has 2 aliphatic heterocycles. The monoisotopic (exact) mass is 416 g/mol. The van der Waals surface area contributed by atoms with Gasteiger partial charge in [-0.3, -0.25) is 14.3 Å². The van der Waals surface area contributed by atoms with Crippen LogP contribution in [0.1, 0.15) is 40.8 Å². The molecule has 1 N–H and O–H groups in total. The summed E-state index contributed by atoms with van der Waals surface area (Å²) in [5, 5.41) is 6.92. The van der Waals surface area contributed by atoms with Crippen LogP contribution in [0.2, 0.25) is 0 Å². The molecule has 9 heteroatoms. The molecule has 4 rings (SSSR count). The lowest BCUT2D eigenvalue weighted by Crippen LogP contribution is -2.50. The molecular formula is C20H24N4O4S. The number of amides is 2. The molecule has 1 saturated heterocycles. The van der Waals surface area contributed by atoms with Gasteiger partial charge in [0.2, 0.25) is 5.91 Å². The fourth-order valence-corrected chi connectivity index (χ4v) is 5.65. The minimum absolute atomic E-state index is 0.226.